The van der Waals surface area contributed by atoms with Gasteiger partial charge in [0.15, 0.2) is 0 Å². The second kappa shape index (κ2) is 7.01. The molecule has 0 unspecified atom stereocenters. The summed E-state index contributed by atoms with van der Waals surface area (Å²) in [5.41, 5.74) is 10.1. The van der Waals surface area contributed by atoms with Crippen LogP contribution in [-0.4, -0.2) is 26.5 Å². The van der Waals surface area contributed by atoms with Gasteiger partial charge in [-0.3, -0.25) is 4.79 Å². The van der Waals surface area contributed by atoms with Crippen LogP contribution in [0.1, 0.15) is 59.8 Å². The van der Waals surface area contributed by atoms with Gasteiger partial charge in [-0.2, -0.15) is 0 Å². The number of hydrogen-bond acceptors (Lipinski definition) is 4. The number of hydrogen-bond donors (Lipinski definition) is 2. The lowest BCUT2D eigenvalue weighted by atomic mass is 10.0. The topological polar surface area (TPSA) is 85.8 Å². The van der Waals surface area contributed by atoms with Gasteiger partial charge >= 0.3 is 0 Å². The predicted molar refractivity (Wildman–Crippen MR) is 110 cm³/mol. The summed E-state index contributed by atoms with van der Waals surface area (Å²) in [6.45, 7) is 6.16. The summed E-state index contributed by atoms with van der Waals surface area (Å²) in [5.74, 6) is 6.81. The Labute approximate surface area is 164 Å². The smallest absolute Gasteiger partial charge is 0.251 e. The van der Waals surface area contributed by atoms with Gasteiger partial charge in [-0.25, -0.2) is 9.97 Å². The van der Waals surface area contributed by atoms with Crippen LogP contribution in [0.4, 0.5) is 5.82 Å². The van der Waals surface area contributed by atoms with Crippen molar-refractivity contribution in [3.05, 3.63) is 53.0 Å². The lowest BCUT2D eigenvalue weighted by molar-refractivity contribution is 0.0951. The number of anilines is 1. The molecule has 1 aliphatic rings. The Bertz CT molecular complexity index is 1130. The highest BCUT2D eigenvalue weighted by Crippen LogP contribution is 2.26. The number of aryl methyl sites for hydroxylation is 1. The standard InChI is InChI=1S/C22H23N5O/c1-13(2)27-11-17(19-20(23)24-12-25-21(19)27)7-6-15-10-16(5-4-14(15)3)22(28)26-18-8-9-18/h4-5,10-13,18H,8-9H2,1-3H3,(H,26,28)(H2,23,24,25). The molecule has 2 heterocycles. The van der Waals surface area contributed by atoms with Crippen molar-refractivity contribution in [2.45, 2.75) is 45.7 Å². The Balaban J connectivity index is 1.74. The number of rotatable bonds is 3. The van der Waals surface area contributed by atoms with Crippen LogP contribution in [0.25, 0.3) is 11.0 Å². The van der Waals surface area contributed by atoms with Gasteiger partial charge in [-0.15, -0.1) is 0 Å². The molecule has 1 amide bonds. The molecule has 142 valence electrons. The van der Waals surface area contributed by atoms with E-state index in [1.165, 1.54) is 6.33 Å². The number of aromatic nitrogens is 3. The van der Waals surface area contributed by atoms with Crippen LogP contribution in [0.3, 0.4) is 0 Å². The summed E-state index contributed by atoms with van der Waals surface area (Å²) in [6, 6.07) is 6.17. The molecule has 1 aliphatic carbocycles. The van der Waals surface area contributed by atoms with E-state index in [1.807, 2.05) is 35.9 Å². The number of nitrogens with two attached hydrogens (primary N) is 1. The lowest BCUT2D eigenvalue weighted by Gasteiger charge is -2.07. The van der Waals surface area contributed by atoms with E-state index in [0.29, 0.717) is 17.4 Å². The SMILES string of the molecule is Cc1ccc(C(=O)NC2CC2)cc1C#Cc1cn(C(C)C)c2ncnc(N)c12. The maximum atomic E-state index is 12.3. The van der Waals surface area contributed by atoms with Crippen LogP contribution < -0.4 is 11.1 Å². The average molecular weight is 373 g/mol. The van der Waals surface area contributed by atoms with Crippen molar-refractivity contribution in [3.63, 3.8) is 0 Å². The summed E-state index contributed by atoms with van der Waals surface area (Å²) >= 11 is 0. The molecule has 6 heteroatoms. The highest BCUT2D eigenvalue weighted by molar-refractivity contribution is 5.95. The second-order valence-electron chi connectivity index (χ2n) is 7.53. The van der Waals surface area contributed by atoms with Gasteiger partial charge in [0.25, 0.3) is 5.91 Å². The van der Waals surface area contributed by atoms with Crippen LogP contribution in [-0.2, 0) is 0 Å². The Morgan fingerprint density at radius 3 is 2.71 bits per heavy atom. The average Bonchev–Trinajstić information content (AvgIpc) is 3.39. The number of carbonyl (C=O) groups is 1. The molecule has 0 aliphatic heterocycles. The van der Waals surface area contributed by atoms with E-state index in [2.05, 4.69) is 41.0 Å². The third kappa shape index (κ3) is 3.44. The fourth-order valence-electron chi connectivity index (χ4n) is 3.13. The summed E-state index contributed by atoms with van der Waals surface area (Å²) in [7, 11) is 0. The summed E-state index contributed by atoms with van der Waals surface area (Å²) in [5, 5.41) is 3.78. The van der Waals surface area contributed by atoms with E-state index in [9.17, 15) is 4.79 Å². The van der Waals surface area contributed by atoms with E-state index in [-0.39, 0.29) is 11.9 Å². The van der Waals surface area contributed by atoms with E-state index in [4.69, 9.17) is 5.73 Å². The molecule has 2 aromatic heterocycles. The van der Waals surface area contributed by atoms with Crippen molar-refractivity contribution in [2.24, 2.45) is 0 Å². The minimum Gasteiger partial charge on any atom is -0.383 e. The molecule has 0 bridgehead atoms. The molecule has 4 rings (SSSR count). The van der Waals surface area contributed by atoms with Crippen molar-refractivity contribution in [2.75, 3.05) is 5.73 Å². The van der Waals surface area contributed by atoms with Crippen molar-refractivity contribution >= 4 is 22.8 Å². The fraction of sp³-hybridized carbons (Fsp3) is 0.318. The van der Waals surface area contributed by atoms with Crippen LogP contribution >= 0.6 is 0 Å². The highest BCUT2D eigenvalue weighted by Gasteiger charge is 2.23. The number of benzene rings is 1. The molecule has 0 spiro atoms. The molecule has 6 nitrogen and oxygen atoms in total. The zero-order valence-corrected chi connectivity index (χ0v) is 16.3. The molecule has 0 saturated heterocycles. The summed E-state index contributed by atoms with van der Waals surface area (Å²) in [4.78, 5) is 20.8. The largest absolute Gasteiger partial charge is 0.383 e. The van der Waals surface area contributed by atoms with Crippen LogP contribution in [0, 0.1) is 18.8 Å². The first-order valence-electron chi connectivity index (χ1n) is 9.48. The van der Waals surface area contributed by atoms with Gasteiger partial charge in [-0.1, -0.05) is 17.9 Å². The van der Waals surface area contributed by atoms with E-state index >= 15 is 0 Å². The number of nitrogen functional groups attached to an aromatic ring is 1. The zero-order chi connectivity index (χ0) is 19.8. The lowest BCUT2D eigenvalue weighted by Crippen LogP contribution is -2.25. The Kier molecular flexibility index (Phi) is 4.52. The maximum absolute atomic E-state index is 12.3. The number of nitrogens with one attached hydrogen (secondary N) is 1. The first-order valence-corrected chi connectivity index (χ1v) is 9.48. The minimum atomic E-state index is -0.0420. The number of nitrogens with zero attached hydrogens (tertiary/aromatic N) is 3. The quantitative estimate of drug-likeness (QED) is 0.691. The second-order valence-corrected chi connectivity index (χ2v) is 7.53. The van der Waals surface area contributed by atoms with Gasteiger partial charge in [0.2, 0.25) is 0 Å². The monoisotopic (exact) mass is 373 g/mol. The van der Waals surface area contributed by atoms with Crippen LogP contribution in [0.2, 0.25) is 0 Å². The Hall–Kier alpha value is -3.33. The first kappa shape index (κ1) is 18.1. The summed E-state index contributed by atoms with van der Waals surface area (Å²) in [6.07, 6.45) is 5.56. The van der Waals surface area contributed by atoms with E-state index in [0.717, 1.165) is 40.6 Å². The predicted octanol–water partition coefficient (Wildman–Crippen LogP) is 3.19. The molecule has 0 radical (unpaired) electrons. The molecule has 3 aromatic rings. The summed E-state index contributed by atoms with van der Waals surface area (Å²) < 4.78 is 2.05. The number of fused-ring (bicyclic) bond motifs is 1. The Morgan fingerprint density at radius 1 is 1.25 bits per heavy atom. The van der Waals surface area contributed by atoms with Gasteiger partial charge in [-0.05, 0) is 51.3 Å². The third-order valence-corrected chi connectivity index (χ3v) is 4.94. The van der Waals surface area contributed by atoms with E-state index in [1.54, 1.807) is 0 Å². The van der Waals surface area contributed by atoms with Gasteiger partial charge in [0.1, 0.15) is 17.8 Å². The molecule has 0 atom stereocenters. The third-order valence-electron chi connectivity index (χ3n) is 4.94. The fourth-order valence-corrected chi connectivity index (χ4v) is 3.13. The van der Waals surface area contributed by atoms with Crippen LogP contribution in [0.15, 0.2) is 30.7 Å². The number of amides is 1. The highest BCUT2D eigenvalue weighted by atomic mass is 16.1. The van der Waals surface area contributed by atoms with Gasteiger partial charge in [0, 0.05) is 29.4 Å². The normalized spacial score (nSPS) is 13.4. The molecule has 3 N–H and O–H groups in total. The van der Waals surface area contributed by atoms with Crippen molar-refractivity contribution in [1.82, 2.24) is 19.9 Å². The van der Waals surface area contributed by atoms with Crippen molar-refractivity contribution in [1.29, 1.82) is 0 Å². The molecule has 1 saturated carbocycles. The van der Waals surface area contributed by atoms with Crippen LogP contribution in [0.5, 0.6) is 0 Å². The maximum Gasteiger partial charge on any atom is 0.251 e. The molecule has 28 heavy (non-hydrogen) atoms. The number of carbonyl (C=O) groups excluding carboxylic acids is 1. The first-order chi connectivity index (χ1) is 13.4. The molecule has 1 aromatic carbocycles. The molecular formula is C22H23N5O. The molecular weight excluding hydrogens is 350 g/mol. The van der Waals surface area contributed by atoms with E-state index < -0.39 is 0 Å². The minimum absolute atomic E-state index is 0.0420. The zero-order valence-electron chi connectivity index (χ0n) is 16.3. The molecule has 1 fully saturated rings. The van der Waals surface area contributed by atoms with Gasteiger partial charge < -0.3 is 15.6 Å². The van der Waals surface area contributed by atoms with Gasteiger partial charge in [0.05, 0.1) is 10.9 Å². The van der Waals surface area contributed by atoms with Crippen molar-refractivity contribution in [3.8, 4) is 11.8 Å². The van der Waals surface area contributed by atoms with Crippen molar-refractivity contribution < 1.29 is 4.79 Å². The Morgan fingerprint density at radius 2 is 2.00 bits per heavy atom.